The van der Waals surface area contributed by atoms with Gasteiger partial charge >= 0.3 is 0 Å². The zero-order chi connectivity index (χ0) is 12.3. The fourth-order valence-electron chi connectivity index (χ4n) is 2.28. The van der Waals surface area contributed by atoms with Crippen LogP contribution in [0, 0.1) is 5.41 Å². The van der Waals surface area contributed by atoms with Crippen molar-refractivity contribution in [2.75, 3.05) is 19.1 Å². The smallest absolute Gasteiger partial charge is 0.0595 e. The monoisotopic (exact) mass is 292 g/mol. The Kier molecular flexibility index (Phi) is 4.59. The van der Waals surface area contributed by atoms with Gasteiger partial charge < -0.3 is 4.74 Å². The van der Waals surface area contributed by atoms with Gasteiger partial charge in [0.05, 0.1) is 16.7 Å². The number of halogens is 3. The van der Waals surface area contributed by atoms with E-state index in [1.165, 1.54) is 5.56 Å². The predicted octanol–water partition coefficient (Wildman–Crippen LogP) is 4.57. The Bertz CT molecular complexity index is 386. The lowest BCUT2D eigenvalue weighted by Crippen LogP contribution is -2.35. The molecule has 0 saturated carbocycles. The predicted molar refractivity (Wildman–Crippen MR) is 73.4 cm³/mol. The summed E-state index contributed by atoms with van der Waals surface area (Å²) >= 11 is 18.1. The van der Waals surface area contributed by atoms with Gasteiger partial charge in [0.15, 0.2) is 0 Å². The lowest BCUT2D eigenvalue weighted by molar-refractivity contribution is 0.00478. The first-order chi connectivity index (χ1) is 8.15. The molecule has 1 aromatic carbocycles. The summed E-state index contributed by atoms with van der Waals surface area (Å²) in [6.07, 6.45) is 3.08. The molecule has 1 unspecified atom stereocenters. The third-order valence-electron chi connectivity index (χ3n) is 3.25. The van der Waals surface area contributed by atoms with Crippen molar-refractivity contribution in [3.63, 3.8) is 0 Å². The second kappa shape index (κ2) is 5.79. The van der Waals surface area contributed by atoms with Crippen LogP contribution < -0.4 is 0 Å². The van der Waals surface area contributed by atoms with Crippen molar-refractivity contribution in [1.82, 2.24) is 0 Å². The molecular weight excluding hydrogens is 279 g/mol. The van der Waals surface area contributed by atoms with Gasteiger partial charge in [0, 0.05) is 17.9 Å². The molecule has 0 bridgehead atoms. The van der Waals surface area contributed by atoms with Crippen LogP contribution in [0.4, 0.5) is 0 Å². The molecule has 94 valence electrons. The largest absolute Gasteiger partial charge is 0.381 e. The molecule has 2 rings (SSSR count). The maximum atomic E-state index is 6.12. The van der Waals surface area contributed by atoms with Gasteiger partial charge in [0.25, 0.3) is 0 Å². The Balaban J connectivity index is 2.14. The molecule has 1 aliphatic rings. The minimum absolute atomic E-state index is 0.0525. The Hall–Kier alpha value is 0.0500. The van der Waals surface area contributed by atoms with Gasteiger partial charge in [-0.1, -0.05) is 29.3 Å². The van der Waals surface area contributed by atoms with Crippen LogP contribution in [0.2, 0.25) is 10.0 Å². The Morgan fingerprint density at radius 3 is 2.65 bits per heavy atom. The highest BCUT2D eigenvalue weighted by Crippen LogP contribution is 2.35. The summed E-state index contributed by atoms with van der Waals surface area (Å²) in [6.45, 7) is 1.58. The first kappa shape index (κ1) is 13.5. The molecule has 0 spiro atoms. The molecule has 4 heteroatoms. The van der Waals surface area contributed by atoms with E-state index in [2.05, 4.69) is 0 Å². The molecule has 0 amide bonds. The number of benzene rings is 1. The van der Waals surface area contributed by atoms with Crippen molar-refractivity contribution in [1.29, 1.82) is 0 Å². The SMILES string of the molecule is ClCC1(Cc2ccc(Cl)c(Cl)c2)CCCOC1. The molecule has 1 aliphatic heterocycles. The first-order valence-corrected chi connectivity index (χ1v) is 7.02. The van der Waals surface area contributed by atoms with E-state index in [0.717, 1.165) is 32.5 Å². The maximum absolute atomic E-state index is 6.12. The normalized spacial score (nSPS) is 24.9. The van der Waals surface area contributed by atoms with Crippen molar-refractivity contribution >= 4 is 34.8 Å². The van der Waals surface area contributed by atoms with Gasteiger partial charge in [-0.05, 0) is 37.0 Å². The number of ether oxygens (including phenoxy) is 1. The van der Waals surface area contributed by atoms with E-state index >= 15 is 0 Å². The van der Waals surface area contributed by atoms with Crippen LogP contribution in [-0.2, 0) is 11.2 Å². The lowest BCUT2D eigenvalue weighted by Gasteiger charge is -2.35. The van der Waals surface area contributed by atoms with Crippen molar-refractivity contribution in [2.45, 2.75) is 19.3 Å². The van der Waals surface area contributed by atoms with Crippen LogP contribution in [0.1, 0.15) is 18.4 Å². The Morgan fingerprint density at radius 1 is 1.24 bits per heavy atom. The number of hydrogen-bond acceptors (Lipinski definition) is 1. The molecule has 1 saturated heterocycles. The fraction of sp³-hybridized carbons (Fsp3) is 0.538. The topological polar surface area (TPSA) is 9.23 Å². The van der Waals surface area contributed by atoms with Crippen LogP contribution >= 0.6 is 34.8 Å². The lowest BCUT2D eigenvalue weighted by atomic mass is 9.79. The summed E-state index contributed by atoms with van der Waals surface area (Å²) in [6, 6.07) is 5.77. The first-order valence-electron chi connectivity index (χ1n) is 5.73. The standard InChI is InChI=1S/C13H15Cl3O/c14-8-13(4-1-5-17-9-13)7-10-2-3-11(15)12(16)6-10/h2-3,6H,1,4-5,7-9H2. The second-order valence-electron chi connectivity index (χ2n) is 4.72. The van der Waals surface area contributed by atoms with E-state index in [4.69, 9.17) is 39.5 Å². The summed E-state index contributed by atoms with van der Waals surface area (Å²) in [4.78, 5) is 0. The zero-order valence-electron chi connectivity index (χ0n) is 9.52. The molecule has 1 fully saturated rings. The summed E-state index contributed by atoms with van der Waals surface area (Å²) in [5.41, 5.74) is 1.22. The van der Waals surface area contributed by atoms with Crippen LogP contribution in [0.25, 0.3) is 0 Å². The Labute approximate surface area is 117 Å². The highest BCUT2D eigenvalue weighted by Gasteiger charge is 2.32. The van der Waals surface area contributed by atoms with Crippen LogP contribution in [-0.4, -0.2) is 19.1 Å². The van der Waals surface area contributed by atoms with E-state index in [1.54, 1.807) is 0 Å². The summed E-state index contributed by atoms with van der Waals surface area (Å²) in [5, 5.41) is 1.20. The van der Waals surface area contributed by atoms with Crippen molar-refractivity contribution in [3.05, 3.63) is 33.8 Å². The van der Waals surface area contributed by atoms with Gasteiger partial charge in [-0.25, -0.2) is 0 Å². The highest BCUT2D eigenvalue weighted by atomic mass is 35.5. The highest BCUT2D eigenvalue weighted by molar-refractivity contribution is 6.42. The van der Waals surface area contributed by atoms with Gasteiger partial charge in [-0.3, -0.25) is 0 Å². The minimum Gasteiger partial charge on any atom is -0.381 e. The average molecular weight is 294 g/mol. The van der Waals surface area contributed by atoms with E-state index in [0.29, 0.717) is 15.9 Å². The third kappa shape index (κ3) is 3.29. The second-order valence-corrected chi connectivity index (χ2v) is 5.80. The van der Waals surface area contributed by atoms with Crippen LogP contribution in [0.3, 0.4) is 0 Å². The van der Waals surface area contributed by atoms with E-state index in [1.807, 2.05) is 18.2 Å². The molecule has 0 aliphatic carbocycles. The number of rotatable bonds is 3. The fourth-order valence-corrected chi connectivity index (χ4v) is 2.91. The summed E-state index contributed by atoms with van der Waals surface area (Å²) < 4.78 is 5.56. The van der Waals surface area contributed by atoms with Crippen molar-refractivity contribution in [3.8, 4) is 0 Å². The van der Waals surface area contributed by atoms with Gasteiger partial charge in [0.1, 0.15) is 0 Å². The average Bonchev–Trinajstić information content (AvgIpc) is 2.35. The van der Waals surface area contributed by atoms with Crippen LogP contribution in [0.5, 0.6) is 0 Å². The maximum Gasteiger partial charge on any atom is 0.0595 e. The van der Waals surface area contributed by atoms with Gasteiger partial charge in [-0.15, -0.1) is 11.6 Å². The molecule has 0 aromatic heterocycles. The third-order valence-corrected chi connectivity index (χ3v) is 4.56. The molecule has 1 nitrogen and oxygen atoms in total. The molecule has 1 heterocycles. The molecule has 17 heavy (non-hydrogen) atoms. The van der Waals surface area contributed by atoms with E-state index in [9.17, 15) is 0 Å². The van der Waals surface area contributed by atoms with E-state index in [-0.39, 0.29) is 5.41 Å². The zero-order valence-corrected chi connectivity index (χ0v) is 11.8. The molecule has 0 radical (unpaired) electrons. The molecule has 1 aromatic rings. The Morgan fingerprint density at radius 2 is 2.06 bits per heavy atom. The van der Waals surface area contributed by atoms with E-state index < -0.39 is 0 Å². The quantitative estimate of drug-likeness (QED) is 0.742. The molecular formula is C13H15Cl3O. The summed E-state index contributed by atoms with van der Waals surface area (Å²) in [5.74, 6) is 0.618. The van der Waals surface area contributed by atoms with Gasteiger partial charge in [0.2, 0.25) is 0 Å². The molecule has 0 N–H and O–H groups in total. The summed E-state index contributed by atoms with van der Waals surface area (Å²) in [7, 11) is 0. The van der Waals surface area contributed by atoms with Crippen molar-refractivity contribution in [2.24, 2.45) is 5.41 Å². The minimum atomic E-state index is 0.0525. The number of alkyl halides is 1. The number of hydrogen-bond donors (Lipinski definition) is 0. The van der Waals surface area contributed by atoms with Crippen LogP contribution in [0.15, 0.2) is 18.2 Å². The van der Waals surface area contributed by atoms with Crippen molar-refractivity contribution < 1.29 is 4.74 Å². The molecule has 1 atom stereocenters. The van der Waals surface area contributed by atoms with Gasteiger partial charge in [-0.2, -0.15) is 0 Å².